The van der Waals surface area contributed by atoms with E-state index in [0.29, 0.717) is 6.04 Å². The molecule has 3 N–H and O–H groups in total. The van der Waals surface area contributed by atoms with Crippen molar-refractivity contribution >= 4 is 33.2 Å². The molecule has 0 spiro atoms. The van der Waals surface area contributed by atoms with Crippen molar-refractivity contribution in [2.24, 2.45) is 4.99 Å². The second kappa shape index (κ2) is 9.15. The molecule has 0 saturated carbocycles. The summed E-state index contributed by atoms with van der Waals surface area (Å²) in [4.78, 5) is 10.3. The second-order valence-corrected chi connectivity index (χ2v) is 8.25. The van der Waals surface area contributed by atoms with Crippen LogP contribution in [0.4, 0.5) is 5.00 Å². The van der Waals surface area contributed by atoms with Crippen molar-refractivity contribution < 1.29 is 0 Å². The number of nitrogens with zero attached hydrogens (tertiary/aromatic N) is 2. The lowest BCUT2D eigenvalue weighted by molar-refractivity contribution is 0.462. The summed E-state index contributed by atoms with van der Waals surface area (Å²) in [7, 11) is 1.86. The Morgan fingerprint density at radius 1 is 1.21 bits per heavy atom. The molecule has 6 heteroatoms. The molecule has 2 aromatic heterocycles. The van der Waals surface area contributed by atoms with Gasteiger partial charge in [0.15, 0.2) is 5.96 Å². The Bertz CT molecular complexity index is 891. The number of para-hydroxylation sites is 1. The van der Waals surface area contributed by atoms with Gasteiger partial charge in [-0.25, -0.2) is 0 Å². The first-order valence-electron chi connectivity index (χ1n) is 10.1. The minimum atomic E-state index is 0.496. The van der Waals surface area contributed by atoms with E-state index in [-0.39, 0.29) is 0 Å². The number of aromatic nitrogens is 1. The average molecular weight is 396 g/mol. The van der Waals surface area contributed by atoms with E-state index in [1.807, 2.05) is 18.4 Å². The minimum absolute atomic E-state index is 0.496. The summed E-state index contributed by atoms with van der Waals surface area (Å²) in [5, 5.41) is 12.0. The molecule has 148 valence electrons. The third-order valence-corrected chi connectivity index (χ3v) is 6.40. The molecule has 28 heavy (non-hydrogen) atoms. The molecule has 0 unspecified atom stereocenters. The number of fused-ring (bicyclic) bond motifs is 1. The van der Waals surface area contributed by atoms with Crippen LogP contribution in [0.5, 0.6) is 0 Å². The van der Waals surface area contributed by atoms with Gasteiger partial charge in [0.25, 0.3) is 0 Å². The maximum absolute atomic E-state index is 4.41. The number of H-pyrrole nitrogens is 1. The molecule has 3 aromatic rings. The topological polar surface area (TPSA) is 55.5 Å². The summed E-state index contributed by atoms with van der Waals surface area (Å²) in [5.41, 5.74) is 2.61. The average Bonchev–Trinajstić information content (AvgIpc) is 3.41. The van der Waals surface area contributed by atoms with E-state index in [4.69, 9.17) is 0 Å². The van der Waals surface area contributed by atoms with Crippen LogP contribution < -0.4 is 15.5 Å². The van der Waals surface area contributed by atoms with Crippen LogP contribution in [0, 0.1) is 0 Å². The molecule has 1 aliphatic heterocycles. The van der Waals surface area contributed by atoms with Crippen molar-refractivity contribution in [1.29, 1.82) is 0 Å². The van der Waals surface area contributed by atoms with Crippen LogP contribution >= 0.6 is 11.3 Å². The van der Waals surface area contributed by atoms with E-state index in [1.54, 1.807) is 0 Å². The van der Waals surface area contributed by atoms with Gasteiger partial charge in [-0.15, -0.1) is 11.3 Å². The van der Waals surface area contributed by atoms with Crippen molar-refractivity contribution in [3.05, 3.63) is 53.5 Å². The Hall–Kier alpha value is -2.47. The Kier molecular flexibility index (Phi) is 6.17. The number of benzene rings is 1. The van der Waals surface area contributed by atoms with Crippen molar-refractivity contribution in [2.45, 2.75) is 31.7 Å². The molecule has 0 radical (unpaired) electrons. The fraction of sp³-hybridized carbons (Fsp3) is 0.409. The highest BCUT2D eigenvalue weighted by atomic mass is 32.1. The normalized spacial score (nSPS) is 15.9. The van der Waals surface area contributed by atoms with Crippen LogP contribution in [0.25, 0.3) is 10.9 Å². The summed E-state index contributed by atoms with van der Waals surface area (Å²) in [6.45, 7) is 3.14. The lowest BCUT2D eigenvalue weighted by atomic mass is 10.1. The van der Waals surface area contributed by atoms with Gasteiger partial charge < -0.3 is 20.5 Å². The molecule has 1 aliphatic rings. The van der Waals surface area contributed by atoms with Crippen LogP contribution in [0.15, 0.2) is 53.0 Å². The fourth-order valence-electron chi connectivity index (χ4n) is 3.91. The summed E-state index contributed by atoms with van der Waals surface area (Å²) in [6, 6.07) is 13.3. The third-order valence-electron chi connectivity index (χ3n) is 5.47. The van der Waals surface area contributed by atoms with E-state index in [9.17, 15) is 0 Å². The van der Waals surface area contributed by atoms with Gasteiger partial charge >= 0.3 is 0 Å². The first-order chi connectivity index (χ1) is 13.8. The first kappa shape index (κ1) is 18.9. The van der Waals surface area contributed by atoms with Crippen molar-refractivity contribution in [1.82, 2.24) is 15.6 Å². The molecule has 1 aromatic carbocycles. The molecule has 3 heterocycles. The lowest BCUT2D eigenvalue weighted by Crippen LogP contribution is -2.48. The fourth-order valence-corrected chi connectivity index (χ4v) is 4.69. The van der Waals surface area contributed by atoms with Crippen LogP contribution in [-0.4, -0.2) is 43.7 Å². The summed E-state index contributed by atoms with van der Waals surface area (Å²) < 4.78 is 0. The number of aliphatic imine (C=N–C) groups is 1. The van der Waals surface area contributed by atoms with Crippen LogP contribution in [0.3, 0.4) is 0 Å². The van der Waals surface area contributed by atoms with E-state index >= 15 is 0 Å². The number of piperidine rings is 1. The number of aryl methyl sites for hydroxylation is 1. The van der Waals surface area contributed by atoms with E-state index in [0.717, 1.165) is 51.3 Å². The van der Waals surface area contributed by atoms with Crippen molar-refractivity contribution in [2.75, 3.05) is 31.6 Å². The number of thiophene rings is 1. The van der Waals surface area contributed by atoms with Gasteiger partial charge in [0, 0.05) is 49.8 Å². The van der Waals surface area contributed by atoms with E-state index in [1.165, 1.54) is 21.5 Å². The molecule has 0 aliphatic carbocycles. The highest BCUT2D eigenvalue weighted by Gasteiger charge is 2.20. The summed E-state index contributed by atoms with van der Waals surface area (Å²) >= 11 is 1.83. The number of guanidine groups is 1. The second-order valence-electron chi connectivity index (χ2n) is 7.32. The molecular weight excluding hydrogens is 366 g/mol. The smallest absolute Gasteiger partial charge is 0.191 e. The standard InChI is InChI=1S/C22H29N5S/c1-23-22(26-18-10-13-27(14-11-18)21-9-5-15-28-21)24-12-4-6-17-16-25-20-8-3-2-7-19(17)20/h2-3,5,7-9,15-16,18,25H,4,6,10-14H2,1H3,(H2,23,24,26). The molecule has 0 atom stereocenters. The maximum Gasteiger partial charge on any atom is 0.191 e. The summed E-state index contributed by atoms with van der Waals surface area (Å²) in [6.07, 6.45) is 6.58. The molecular formula is C22H29N5S. The third kappa shape index (κ3) is 4.50. The van der Waals surface area contributed by atoms with Gasteiger partial charge in [-0.1, -0.05) is 18.2 Å². The Balaban J connectivity index is 1.19. The van der Waals surface area contributed by atoms with Gasteiger partial charge in [-0.3, -0.25) is 4.99 Å². The summed E-state index contributed by atoms with van der Waals surface area (Å²) in [5.74, 6) is 0.925. The molecule has 0 amide bonds. The SMILES string of the molecule is CN=C(NCCCc1c[nH]c2ccccc12)NC1CCN(c2cccs2)CC1. The van der Waals surface area contributed by atoms with Crippen molar-refractivity contribution in [3.63, 3.8) is 0 Å². The lowest BCUT2D eigenvalue weighted by Gasteiger charge is -2.33. The molecule has 5 nitrogen and oxygen atoms in total. The van der Waals surface area contributed by atoms with Crippen molar-refractivity contribution in [3.8, 4) is 0 Å². The van der Waals surface area contributed by atoms with Gasteiger partial charge in [-0.05, 0) is 54.8 Å². The predicted molar refractivity (Wildman–Crippen MR) is 121 cm³/mol. The molecule has 4 rings (SSSR count). The highest BCUT2D eigenvalue weighted by Crippen LogP contribution is 2.24. The predicted octanol–water partition coefficient (Wildman–Crippen LogP) is 4.00. The zero-order valence-electron chi connectivity index (χ0n) is 16.4. The number of aromatic amines is 1. The van der Waals surface area contributed by atoms with Crippen LogP contribution in [0.1, 0.15) is 24.8 Å². The maximum atomic E-state index is 4.41. The van der Waals surface area contributed by atoms with Gasteiger partial charge in [-0.2, -0.15) is 0 Å². The number of hydrogen-bond donors (Lipinski definition) is 3. The molecule has 0 bridgehead atoms. The van der Waals surface area contributed by atoms with Crippen LogP contribution in [-0.2, 0) is 6.42 Å². The first-order valence-corrected chi connectivity index (χ1v) is 11.0. The van der Waals surface area contributed by atoms with Gasteiger partial charge in [0.05, 0.1) is 5.00 Å². The zero-order valence-corrected chi connectivity index (χ0v) is 17.3. The number of nitrogens with one attached hydrogen (secondary N) is 3. The number of anilines is 1. The largest absolute Gasteiger partial charge is 0.363 e. The Morgan fingerprint density at radius 2 is 2.07 bits per heavy atom. The van der Waals surface area contributed by atoms with Crippen LogP contribution in [0.2, 0.25) is 0 Å². The monoisotopic (exact) mass is 395 g/mol. The highest BCUT2D eigenvalue weighted by molar-refractivity contribution is 7.14. The van der Waals surface area contributed by atoms with Gasteiger partial charge in [0.2, 0.25) is 0 Å². The number of hydrogen-bond acceptors (Lipinski definition) is 3. The Morgan fingerprint density at radius 3 is 2.86 bits per heavy atom. The quantitative estimate of drug-likeness (QED) is 0.336. The molecule has 1 fully saturated rings. The van der Waals surface area contributed by atoms with E-state index in [2.05, 4.69) is 73.5 Å². The zero-order chi connectivity index (χ0) is 19.2. The van der Waals surface area contributed by atoms with Gasteiger partial charge in [0.1, 0.15) is 0 Å². The van der Waals surface area contributed by atoms with E-state index < -0.39 is 0 Å². The number of rotatable bonds is 6. The minimum Gasteiger partial charge on any atom is -0.363 e. The molecule has 1 saturated heterocycles. The Labute approximate surface area is 170 Å².